The Kier molecular flexibility index (Phi) is 5.20. The van der Waals surface area contributed by atoms with E-state index >= 15 is 0 Å². The molecule has 1 heterocycles. The van der Waals surface area contributed by atoms with E-state index in [1.807, 2.05) is 0 Å². The van der Waals surface area contributed by atoms with Crippen molar-refractivity contribution in [2.75, 3.05) is 24.7 Å². The quantitative estimate of drug-likeness (QED) is 0.748. The first-order chi connectivity index (χ1) is 9.11. The summed E-state index contributed by atoms with van der Waals surface area (Å²) in [6.07, 6.45) is 5.48. The van der Waals surface area contributed by atoms with Crippen LogP contribution in [0.15, 0.2) is 23.1 Å². The predicted molar refractivity (Wildman–Crippen MR) is 87.5 cm³/mol. The molecule has 0 amide bonds. The topological polar surface area (TPSA) is 3.24 Å². The Morgan fingerprint density at radius 2 is 2.11 bits per heavy atom. The van der Waals surface area contributed by atoms with Gasteiger partial charge in [-0.15, -0.1) is 11.8 Å². The molecule has 0 saturated carbocycles. The van der Waals surface area contributed by atoms with Gasteiger partial charge in [-0.1, -0.05) is 26.7 Å². The van der Waals surface area contributed by atoms with Crippen LogP contribution in [-0.4, -0.2) is 19.8 Å². The number of hydrogen-bond acceptors (Lipinski definition) is 2. The van der Waals surface area contributed by atoms with Crippen molar-refractivity contribution in [3.8, 4) is 0 Å². The summed E-state index contributed by atoms with van der Waals surface area (Å²) in [6.45, 7) is 4.70. The van der Waals surface area contributed by atoms with Crippen molar-refractivity contribution >= 4 is 17.4 Å². The molecule has 2 heteroatoms. The molecule has 2 atom stereocenters. The number of hydrogen-bond donors (Lipinski definition) is 0. The maximum atomic E-state index is 2.41. The van der Waals surface area contributed by atoms with Crippen LogP contribution in [0.4, 0.5) is 5.69 Å². The number of unbranched alkanes of at least 4 members (excludes halogenated alkanes) is 1. The summed E-state index contributed by atoms with van der Waals surface area (Å²) in [5, 5.41) is 0. The Labute approximate surface area is 122 Å². The molecule has 1 nitrogen and oxygen atoms in total. The normalized spacial score (nSPS) is 22.7. The highest BCUT2D eigenvalue weighted by atomic mass is 32.2. The Morgan fingerprint density at radius 3 is 2.79 bits per heavy atom. The molecule has 1 aliphatic heterocycles. The van der Waals surface area contributed by atoms with Crippen molar-refractivity contribution in [2.24, 2.45) is 5.92 Å². The fraction of sp³-hybridized carbons (Fsp3) is 0.647. The van der Waals surface area contributed by atoms with Crippen LogP contribution >= 0.6 is 11.8 Å². The molecule has 0 bridgehead atoms. The molecular formula is C17H27NS. The number of anilines is 1. The lowest BCUT2D eigenvalue weighted by molar-refractivity contribution is 0.447. The predicted octanol–water partition coefficient (Wildman–Crippen LogP) is 5.16. The third-order valence-corrected chi connectivity index (χ3v) is 5.49. The molecule has 0 fully saturated rings. The number of rotatable bonds is 4. The van der Waals surface area contributed by atoms with E-state index in [0.717, 1.165) is 5.92 Å². The number of nitrogens with zero attached hydrogens (tertiary/aromatic N) is 1. The molecule has 0 radical (unpaired) electrons. The van der Waals surface area contributed by atoms with Gasteiger partial charge >= 0.3 is 0 Å². The van der Waals surface area contributed by atoms with E-state index in [2.05, 4.69) is 62.8 Å². The van der Waals surface area contributed by atoms with E-state index in [4.69, 9.17) is 0 Å². The van der Waals surface area contributed by atoms with Gasteiger partial charge in [-0.25, -0.2) is 0 Å². The molecule has 0 saturated heterocycles. The number of thioether (sulfide) groups is 1. The lowest BCUT2D eigenvalue weighted by Crippen LogP contribution is -2.10. The van der Waals surface area contributed by atoms with E-state index in [1.165, 1.54) is 42.0 Å². The first-order valence-corrected chi connectivity index (χ1v) is 8.54. The first kappa shape index (κ1) is 14.8. The van der Waals surface area contributed by atoms with Gasteiger partial charge in [-0.3, -0.25) is 0 Å². The summed E-state index contributed by atoms with van der Waals surface area (Å²) in [7, 11) is 4.25. The van der Waals surface area contributed by atoms with Crippen molar-refractivity contribution in [1.82, 2.24) is 0 Å². The second-order valence-corrected chi connectivity index (χ2v) is 7.13. The van der Waals surface area contributed by atoms with Crippen molar-refractivity contribution in [3.63, 3.8) is 0 Å². The summed E-state index contributed by atoms with van der Waals surface area (Å²) in [4.78, 5) is 3.72. The van der Waals surface area contributed by atoms with Crippen LogP contribution in [0.5, 0.6) is 0 Å². The highest BCUT2D eigenvalue weighted by molar-refractivity contribution is 7.99. The minimum absolute atomic E-state index is 0.701. The fourth-order valence-corrected chi connectivity index (χ4v) is 4.24. The van der Waals surface area contributed by atoms with E-state index in [0.29, 0.717) is 5.92 Å². The van der Waals surface area contributed by atoms with Crippen LogP contribution in [-0.2, 0) is 0 Å². The molecule has 106 valence electrons. The fourth-order valence-electron chi connectivity index (χ4n) is 2.93. The van der Waals surface area contributed by atoms with Gasteiger partial charge in [0.1, 0.15) is 0 Å². The largest absolute Gasteiger partial charge is 0.378 e. The van der Waals surface area contributed by atoms with Gasteiger partial charge in [0.05, 0.1) is 0 Å². The Balaban J connectivity index is 2.16. The van der Waals surface area contributed by atoms with Crippen molar-refractivity contribution in [1.29, 1.82) is 0 Å². The van der Waals surface area contributed by atoms with Crippen molar-refractivity contribution in [3.05, 3.63) is 23.8 Å². The molecule has 0 spiro atoms. The van der Waals surface area contributed by atoms with E-state index in [1.54, 1.807) is 5.56 Å². The molecule has 1 aromatic carbocycles. The molecular weight excluding hydrogens is 250 g/mol. The Morgan fingerprint density at radius 1 is 1.32 bits per heavy atom. The minimum atomic E-state index is 0.701. The number of fused-ring (bicyclic) bond motifs is 1. The zero-order valence-corrected chi connectivity index (χ0v) is 13.6. The molecule has 1 aliphatic rings. The number of benzene rings is 1. The van der Waals surface area contributed by atoms with Crippen molar-refractivity contribution in [2.45, 2.75) is 50.3 Å². The summed E-state index contributed by atoms with van der Waals surface area (Å²) >= 11 is 2.07. The summed E-state index contributed by atoms with van der Waals surface area (Å²) in [5.41, 5.74) is 2.90. The highest BCUT2D eigenvalue weighted by Gasteiger charge is 2.22. The van der Waals surface area contributed by atoms with Crippen LogP contribution < -0.4 is 4.90 Å². The van der Waals surface area contributed by atoms with Crippen LogP contribution in [0.2, 0.25) is 0 Å². The van der Waals surface area contributed by atoms with Crippen LogP contribution in [0.25, 0.3) is 0 Å². The van der Waals surface area contributed by atoms with Gasteiger partial charge in [-0.05, 0) is 48.4 Å². The zero-order chi connectivity index (χ0) is 13.8. The monoisotopic (exact) mass is 277 g/mol. The lowest BCUT2D eigenvalue weighted by Gasteiger charge is -2.19. The second-order valence-electron chi connectivity index (χ2n) is 6.07. The van der Waals surface area contributed by atoms with Gasteiger partial charge in [0, 0.05) is 30.4 Å². The Hall–Kier alpha value is -0.630. The van der Waals surface area contributed by atoms with Gasteiger partial charge in [0.2, 0.25) is 0 Å². The summed E-state index contributed by atoms with van der Waals surface area (Å²) < 4.78 is 0. The Bertz CT molecular complexity index is 414. The molecule has 19 heavy (non-hydrogen) atoms. The molecule has 2 rings (SSSR count). The van der Waals surface area contributed by atoms with Crippen LogP contribution in [0, 0.1) is 5.92 Å². The highest BCUT2D eigenvalue weighted by Crippen LogP contribution is 2.41. The van der Waals surface area contributed by atoms with E-state index in [-0.39, 0.29) is 0 Å². The first-order valence-electron chi connectivity index (χ1n) is 7.55. The molecule has 0 aliphatic carbocycles. The van der Waals surface area contributed by atoms with Crippen molar-refractivity contribution < 1.29 is 0 Å². The average molecular weight is 277 g/mol. The maximum Gasteiger partial charge on any atom is 0.0364 e. The SMILES string of the molecule is CCCCC1CSc2ccc(N(C)C)cc2[C@@H](C)C1. The van der Waals surface area contributed by atoms with Crippen LogP contribution in [0.3, 0.4) is 0 Å². The smallest absolute Gasteiger partial charge is 0.0364 e. The lowest BCUT2D eigenvalue weighted by atomic mass is 9.88. The molecule has 0 N–H and O–H groups in total. The molecule has 1 unspecified atom stereocenters. The average Bonchev–Trinajstić information content (AvgIpc) is 2.55. The van der Waals surface area contributed by atoms with Gasteiger partial charge < -0.3 is 4.90 Å². The third kappa shape index (κ3) is 3.68. The van der Waals surface area contributed by atoms with Gasteiger partial charge in [0.15, 0.2) is 0 Å². The second kappa shape index (κ2) is 6.69. The summed E-state index contributed by atoms with van der Waals surface area (Å²) in [5.74, 6) is 2.90. The third-order valence-electron chi connectivity index (χ3n) is 4.17. The molecule has 1 aromatic rings. The minimum Gasteiger partial charge on any atom is -0.378 e. The zero-order valence-electron chi connectivity index (χ0n) is 12.8. The molecule has 0 aromatic heterocycles. The van der Waals surface area contributed by atoms with Gasteiger partial charge in [0.25, 0.3) is 0 Å². The summed E-state index contributed by atoms with van der Waals surface area (Å²) in [6, 6.07) is 6.98. The maximum absolute atomic E-state index is 2.41. The van der Waals surface area contributed by atoms with E-state index < -0.39 is 0 Å². The van der Waals surface area contributed by atoms with Crippen LogP contribution in [0.1, 0.15) is 51.0 Å². The standard InChI is InChI=1S/C17H27NS/c1-5-6-7-14-10-13(2)16-11-15(18(3)4)8-9-17(16)19-12-14/h8-9,11,13-14H,5-7,10,12H2,1-4H3/t13-,14?/m0/s1. The van der Waals surface area contributed by atoms with Gasteiger partial charge in [-0.2, -0.15) is 0 Å². The van der Waals surface area contributed by atoms with E-state index in [9.17, 15) is 0 Å².